The second kappa shape index (κ2) is 21.2. The molecule has 0 saturated carbocycles. The number of nitrogens with zero attached hydrogens (tertiary/aromatic N) is 11. The maximum Gasteiger partial charge on any atom is 0.262 e. The summed E-state index contributed by atoms with van der Waals surface area (Å²) in [5.74, 6) is -0.658. The highest BCUT2D eigenvalue weighted by atomic mass is 35.5. The molecular weight excluding hydrogens is 1040 g/mol. The van der Waals surface area contributed by atoms with Crippen molar-refractivity contribution in [3.05, 3.63) is 89.6 Å². The number of nitrogens with one attached hydrogen (secondary N) is 3. The molecule has 1 spiro atoms. The summed E-state index contributed by atoms with van der Waals surface area (Å²) in [6.45, 7) is 11.4. The molecule has 412 valence electrons. The summed E-state index contributed by atoms with van der Waals surface area (Å²) in [4.78, 5) is 81.1. The van der Waals surface area contributed by atoms with E-state index >= 15 is 0 Å². The predicted molar refractivity (Wildman–Crippen MR) is 305 cm³/mol. The monoisotopic (exact) mass is 1110 g/mol. The van der Waals surface area contributed by atoms with E-state index in [0.29, 0.717) is 62.5 Å². The minimum atomic E-state index is -2.84. The molecule has 4 amide bonds. The first kappa shape index (κ1) is 52.7. The number of aryl methyl sites for hydroxylation is 1. The molecule has 0 radical (unpaired) electrons. The number of carbonyl (C=O) groups is 4. The number of amides is 4. The summed E-state index contributed by atoms with van der Waals surface area (Å²) in [5.41, 5.74) is 7.30. The number of benzene rings is 3. The molecule has 20 nitrogen and oxygen atoms in total. The highest BCUT2D eigenvalue weighted by molar-refractivity contribution is 7.71. The maximum atomic E-state index is 13.7. The van der Waals surface area contributed by atoms with Crippen LogP contribution in [-0.2, 0) is 21.2 Å². The summed E-state index contributed by atoms with van der Waals surface area (Å²) in [5, 5.41) is 14.4. The lowest BCUT2D eigenvalue weighted by molar-refractivity contribution is -0.136. The van der Waals surface area contributed by atoms with Gasteiger partial charge in [-0.3, -0.25) is 44.0 Å². The number of ether oxygens (including phenoxy) is 1. The molecule has 0 bridgehead atoms. The Labute approximate surface area is 464 Å². The Morgan fingerprint density at radius 1 is 0.759 bits per heavy atom. The van der Waals surface area contributed by atoms with Crippen LogP contribution in [0.5, 0.6) is 5.75 Å². The molecule has 9 heterocycles. The van der Waals surface area contributed by atoms with Gasteiger partial charge in [-0.1, -0.05) is 11.6 Å². The Kier molecular flexibility index (Phi) is 14.2. The van der Waals surface area contributed by atoms with Crippen LogP contribution in [0.4, 0.5) is 34.5 Å². The second-order valence-electron chi connectivity index (χ2n) is 22.6. The van der Waals surface area contributed by atoms with E-state index in [-0.39, 0.29) is 35.1 Å². The van der Waals surface area contributed by atoms with Gasteiger partial charge in [-0.05, 0) is 139 Å². The van der Waals surface area contributed by atoms with Crippen LogP contribution in [0.1, 0.15) is 84.9 Å². The van der Waals surface area contributed by atoms with E-state index in [1.807, 2.05) is 48.4 Å². The number of likely N-dealkylation sites (tertiary alicyclic amines) is 2. The fourth-order valence-electron chi connectivity index (χ4n) is 13.3. The molecule has 1 unspecified atom stereocenters. The van der Waals surface area contributed by atoms with Crippen molar-refractivity contribution < 1.29 is 28.5 Å². The lowest BCUT2D eigenvalue weighted by Crippen LogP contribution is -2.55. The Balaban J connectivity index is 0.665. The van der Waals surface area contributed by atoms with Crippen molar-refractivity contribution >= 4 is 93.2 Å². The van der Waals surface area contributed by atoms with E-state index in [9.17, 15) is 23.7 Å². The number of fused-ring (bicyclic) bond motifs is 2. The summed E-state index contributed by atoms with van der Waals surface area (Å²) in [7, 11) is 0.744. The molecule has 6 aliphatic heterocycles. The molecule has 5 saturated heterocycles. The average molecular weight is 1110 g/mol. The zero-order valence-electron chi connectivity index (χ0n) is 45.1. The van der Waals surface area contributed by atoms with Gasteiger partial charge in [0.25, 0.3) is 11.8 Å². The number of carbonyl (C=O) groups excluding carboxylic acids is 4. The summed E-state index contributed by atoms with van der Waals surface area (Å²) >= 11 is 6.70. The quantitative estimate of drug-likeness (QED) is 0.0802. The van der Waals surface area contributed by atoms with Crippen LogP contribution in [0, 0.1) is 5.41 Å². The minimum Gasteiger partial charge on any atom is -0.494 e. The number of hydrogen-bond donors (Lipinski definition) is 3. The molecule has 1 atom stereocenters. The highest BCUT2D eigenvalue weighted by Gasteiger charge is 2.46. The third-order valence-electron chi connectivity index (χ3n) is 17.4. The first-order valence-corrected chi connectivity index (χ1v) is 30.5. The Morgan fingerprint density at radius 3 is 2.22 bits per heavy atom. The fraction of sp³-hybridized carbons (Fsp3) is 0.456. The Bertz CT molecular complexity index is 3440. The Hall–Kier alpha value is -6.99. The Morgan fingerprint density at radius 2 is 1.49 bits per heavy atom. The number of imide groups is 2. The van der Waals surface area contributed by atoms with Crippen LogP contribution < -0.4 is 35.8 Å². The first-order valence-electron chi connectivity index (χ1n) is 27.5. The molecule has 5 fully saturated rings. The molecule has 0 aliphatic carbocycles. The van der Waals surface area contributed by atoms with Crippen molar-refractivity contribution in [2.75, 3.05) is 93.2 Å². The largest absolute Gasteiger partial charge is 0.494 e. The van der Waals surface area contributed by atoms with Gasteiger partial charge < -0.3 is 39.5 Å². The molecule has 6 aliphatic rings. The predicted octanol–water partition coefficient (Wildman–Crippen LogP) is 7.43. The van der Waals surface area contributed by atoms with E-state index in [4.69, 9.17) is 21.3 Å². The van der Waals surface area contributed by atoms with Gasteiger partial charge in [0.2, 0.25) is 17.8 Å². The first-order chi connectivity index (χ1) is 38.1. The lowest BCUT2D eigenvalue weighted by Gasteiger charge is -2.51. The van der Waals surface area contributed by atoms with E-state index in [0.717, 1.165) is 112 Å². The molecule has 3 N–H and O–H groups in total. The molecule has 6 aromatic rings. The SMILES string of the molecule is COc1cc(N2CCC(N3CCC(N4CCC5(CCCN(c6ccc7c(c6)C(=O)N(C6CCC(=O)NC6=O)C7=O)C5)CC4)CC3)CC2)c(-c2cnn(C)c2)cc1Nc1ncc(Cl)c(Nc2ccc3nccnc3c2P(C)(C)=O)n1. The number of anilines is 6. The van der Waals surface area contributed by atoms with Gasteiger partial charge in [-0.15, -0.1) is 0 Å². The zero-order chi connectivity index (χ0) is 54.7. The van der Waals surface area contributed by atoms with Crippen molar-refractivity contribution in [1.29, 1.82) is 0 Å². The van der Waals surface area contributed by atoms with Crippen LogP contribution in [0.15, 0.2) is 73.4 Å². The van der Waals surface area contributed by atoms with E-state index in [1.54, 1.807) is 38.9 Å². The highest BCUT2D eigenvalue weighted by Crippen LogP contribution is 2.46. The summed E-state index contributed by atoms with van der Waals surface area (Å²) in [6.07, 6.45) is 17.9. The molecule has 3 aromatic carbocycles. The molecule has 79 heavy (non-hydrogen) atoms. The standard InChI is InChI=1S/C57H66ClN14O6P/c1-67-33-35(31-62-67)40-29-45(64-56-61-32-42(58)52(66-56)63-44-9-8-43-50(60-20-19-59-43)51(44)79(3,4)77)48(78-2)30-47(40)70-24-14-36(15-25-70)68-22-12-37(13-23-68)69-26-17-57(18-27-69)16-5-21-71(34-57)38-6-7-39-41(28-38)55(76)72(54(39)75)46-10-11-49(73)65-53(46)74/h6-9,19-20,28-33,36-37,46H,5,10-18,21-27,34H2,1-4H3,(H,65,73,74)(H2,61,63,64,66). The van der Waals surface area contributed by atoms with Gasteiger partial charge in [0.05, 0.1) is 52.8 Å². The number of aromatic nitrogens is 6. The van der Waals surface area contributed by atoms with Gasteiger partial charge >= 0.3 is 0 Å². The van der Waals surface area contributed by atoms with Crippen molar-refractivity contribution in [3.8, 4) is 16.9 Å². The lowest BCUT2D eigenvalue weighted by atomic mass is 9.72. The van der Waals surface area contributed by atoms with Crippen LogP contribution in [0.3, 0.4) is 0 Å². The molecule has 3 aromatic heterocycles. The van der Waals surface area contributed by atoms with Crippen molar-refractivity contribution in [1.82, 2.24) is 49.7 Å². The van der Waals surface area contributed by atoms with Crippen molar-refractivity contribution in [2.45, 2.75) is 82.3 Å². The van der Waals surface area contributed by atoms with Crippen LogP contribution in [0.2, 0.25) is 5.02 Å². The number of rotatable bonds is 12. The van der Waals surface area contributed by atoms with Crippen LogP contribution >= 0.6 is 18.7 Å². The smallest absolute Gasteiger partial charge is 0.262 e. The normalized spacial score (nSPS) is 20.8. The number of hydrogen-bond acceptors (Lipinski definition) is 17. The minimum absolute atomic E-state index is 0.0954. The maximum absolute atomic E-state index is 13.7. The average Bonchev–Trinajstić information content (AvgIpc) is 4.26. The molecular formula is C57H66ClN14O6P. The fourth-order valence-corrected chi connectivity index (χ4v) is 14.8. The third kappa shape index (κ3) is 10.3. The van der Waals surface area contributed by atoms with Gasteiger partial charge in [-0.2, -0.15) is 10.1 Å². The van der Waals surface area contributed by atoms with Crippen molar-refractivity contribution in [2.24, 2.45) is 12.5 Å². The van der Waals surface area contributed by atoms with Crippen LogP contribution in [-0.4, -0.2) is 159 Å². The van der Waals surface area contributed by atoms with E-state index in [1.165, 1.54) is 25.5 Å². The topological polar surface area (TPSA) is 216 Å². The van der Waals surface area contributed by atoms with Crippen molar-refractivity contribution in [3.63, 3.8) is 0 Å². The van der Waals surface area contributed by atoms with Gasteiger partial charge in [0.1, 0.15) is 29.5 Å². The zero-order valence-corrected chi connectivity index (χ0v) is 46.7. The second-order valence-corrected chi connectivity index (χ2v) is 26.1. The summed E-state index contributed by atoms with van der Waals surface area (Å²) in [6, 6.07) is 13.5. The molecule has 22 heteroatoms. The van der Waals surface area contributed by atoms with Gasteiger partial charge in [0, 0.05) is 98.9 Å². The van der Waals surface area contributed by atoms with Gasteiger partial charge in [-0.25, -0.2) is 4.98 Å². The summed E-state index contributed by atoms with van der Waals surface area (Å²) < 4.78 is 21.5. The number of piperidine rings is 5. The molecule has 12 rings (SSSR count). The number of methoxy groups -OCH3 is 1. The number of halogens is 1. The van der Waals surface area contributed by atoms with Crippen LogP contribution in [0.25, 0.3) is 22.2 Å². The third-order valence-corrected chi connectivity index (χ3v) is 19.2. The van der Waals surface area contributed by atoms with E-state index < -0.39 is 30.9 Å². The van der Waals surface area contributed by atoms with E-state index in [2.05, 4.69) is 67.7 Å². The van der Waals surface area contributed by atoms with Gasteiger partial charge in [0.15, 0.2) is 5.82 Å².